The minimum atomic E-state index is -2.09. The summed E-state index contributed by atoms with van der Waals surface area (Å²) in [5.41, 5.74) is 0. The fraction of sp³-hybridized carbons (Fsp3) is 0.882. The van der Waals surface area contributed by atoms with E-state index >= 15 is 0 Å². The van der Waals surface area contributed by atoms with Gasteiger partial charge in [-0.1, -0.05) is 20.8 Å². The van der Waals surface area contributed by atoms with Crippen LogP contribution in [0.2, 0.25) is 18.1 Å². The summed E-state index contributed by atoms with van der Waals surface area (Å²) in [6.07, 6.45) is 0.154. The monoisotopic (exact) mass is 344 g/mol. The highest BCUT2D eigenvalue weighted by Gasteiger charge is 2.49. The van der Waals surface area contributed by atoms with Crippen LogP contribution in [-0.4, -0.2) is 45.5 Å². The van der Waals surface area contributed by atoms with Crippen molar-refractivity contribution in [3.05, 3.63) is 0 Å². The lowest BCUT2D eigenvalue weighted by Gasteiger charge is -2.46. The van der Waals surface area contributed by atoms with E-state index in [1.807, 2.05) is 0 Å². The number of carbonyl (C=O) groups excluding carboxylic acids is 2. The molecule has 1 aliphatic rings. The largest absolute Gasteiger partial charge is 0.460 e. The van der Waals surface area contributed by atoms with Crippen LogP contribution in [0.3, 0.4) is 0 Å². The van der Waals surface area contributed by atoms with Crippen molar-refractivity contribution in [2.75, 3.05) is 7.11 Å². The van der Waals surface area contributed by atoms with Crippen LogP contribution in [0.5, 0.6) is 0 Å². The molecular weight excluding hydrogens is 312 g/mol. The second-order valence-electron chi connectivity index (χ2n) is 7.99. The van der Waals surface area contributed by atoms with Crippen molar-refractivity contribution in [2.45, 2.75) is 83.9 Å². The molecule has 1 aliphatic carbocycles. The number of esters is 1. The maximum atomic E-state index is 12.0. The maximum absolute atomic E-state index is 12.0. The summed E-state index contributed by atoms with van der Waals surface area (Å²) in [5.74, 6) is -0.432. The van der Waals surface area contributed by atoms with Crippen molar-refractivity contribution in [1.29, 1.82) is 0 Å². The van der Waals surface area contributed by atoms with Crippen LogP contribution in [0, 0.1) is 5.92 Å². The lowest BCUT2D eigenvalue weighted by molar-refractivity contribution is -0.170. The van der Waals surface area contributed by atoms with Gasteiger partial charge >= 0.3 is 5.97 Å². The molecule has 6 heteroatoms. The van der Waals surface area contributed by atoms with Gasteiger partial charge < -0.3 is 13.9 Å². The van der Waals surface area contributed by atoms with Crippen molar-refractivity contribution >= 4 is 20.1 Å². The molecular formula is C17H32O5Si. The number of Topliss-reactive ketones (excluding diaryl/α,β-unsaturated/α-hetero) is 1. The predicted octanol–water partition coefficient (Wildman–Crippen LogP) is 3.32. The minimum Gasteiger partial charge on any atom is -0.460 e. The van der Waals surface area contributed by atoms with Crippen molar-refractivity contribution in [3.63, 3.8) is 0 Å². The molecule has 0 aromatic rings. The molecule has 0 amide bonds. The number of methoxy groups -OCH3 is 1. The molecule has 1 saturated carbocycles. The lowest BCUT2D eigenvalue weighted by atomic mass is 9.80. The Kier molecular flexibility index (Phi) is 6.58. The number of carbonyl (C=O) groups is 2. The summed E-state index contributed by atoms with van der Waals surface area (Å²) in [5, 5.41) is 0.0230. The summed E-state index contributed by atoms with van der Waals surface area (Å²) in [6, 6.07) is 0. The Morgan fingerprint density at radius 2 is 1.61 bits per heavy atom. The molecule has 0 aromatic heterocycles. The van der Waals surface area contributed by atoms with Gasteiger partial charge in [-0.25, -0.2) is 0 Å². The molecule has 4 atom stereocenters. The third kappa shape index (κ3) is 4.87. The van der Waals surface area contributed by atoms with Gasteiger partial charge in [0.25, 0.3) is 0 Å². The van der Waals surface area contributed by atoms with E-state index in [2.05, 4.69) is 33.9 Å². The normalized spacial score (nSPS) is 29.2. The smallest absolute Gasteiger partial charge is 0.302 e. The zero-order valence-corrected chi connectivity index (χ0v) is 16.8. The lowest BCUT2D eigenvalue weighted by Crippen LogP contribution is -2.57. The summed E-state index contributed by atoms with van der Waals surface area (Å²) >= 11 is 0. The number of rotatable bonds is 5. The highest BCUT2D eigenvalue weighted by atomic mass is 28.4. The van der Waals surface area contributed by atoms with Crippen LogP contribution in [-0.2, 0) is 23.5 Å². The Hall–Kier alpha value is -0.723. The Bertz CT molecular complexity index is 441. The molecule has 0 saturated heterocycles. The van der Waals surface area contributed by atoms with E-state index < -0.39 is 14.4 Å². The summed E-state index contributed by atoms with van der Waals surface area (Å²) in [7, 11) is -0.494. The van der Waals surface area contributed by atoms with Crippen molar-refractivity contribution in [2.24, 2.45) is 5.92 Å². The first-order valence-corrected chi connectivity index (χ1v) is 11.2. The number of hydrogen-bond acceptors (Lipinski definition) is 5. The average Bonchev–Trinajstić information content (AvgIpc) is 2.37. The zero-order valence-electron chi connectivity index (χ0n) is 15.8. The van der Waals surface area contributed by atoms with Gasteiger partial charge in [0.2, 0.25) is 0 Å². The molecule has 5 nitrogen and oxygen atoms in total. The Labute approximate surface area is 141 Å². The van der Waals surface area contributed by atoms with Crippen LogP contribution in [0.15, 0.2) is 0 Å². The Morgan fingerprint density at radius 1 is 1.04 bits per heavy atom. The standard InChI is InChI=1S/C17H32O5Si/c1-11(18)13-9-10-14(21-12(2)19)16(15(13)20-6)22-23(7,8)17(3,4)5/h13-16H,9-10H2,1-8H3/t13-,14+,15-,16-/m1/s1. The molecule has 0 spiro atoms. The highest BCUT2D eigenvalue weighted by molar-refractivity contribution is 6.74. The van der Waals surface area contributed by atoms with Gasteiger partial charge in [0.1, 0.15) is 18.0 Å². The van der Waals surface area contributed by atoms with Gasteiger partial charge in [-0.3, -0.25) is 9.59 Å². The SMILES string of the molecule is CO[C@H]1[C@H](O[Si](C)(C)C(C)(C)C)[C@@H](OC(C)=O)CC[C@@H]1C(C)=O. The molecule has 0 unspecified atom stereocenters. The number of ether oxygens (including phenoxy) is 2. The van der Waals surface area contributed by atoms with Gasteiger partial charge in [-0.05, 0) is 37.9 Å². The first-order valence-electron chi connectivity index (χ1n) is 8.29. The molecule has 0 radical (unpaired) electrons. The Morgan fingerprint density at radius 3 is 2.00 bits per heavy atom. The van der Waals surface area contributed by atoms with E-state index in [0.29, 0.717) is 12.8 Å². The highest BCUT2D eigenvalue weighted by Crippen LogP contribution is 2.41. The summed E-state index contributed by atoms with van der Waals surface area (Å²) < 4.78 is 17.6. The van der Waals surface area contributed by atoms with E-state index in [0.717, 1.165) is 0 Å². The van der Waals surface area contributed by atoms with E-state index in [1.165, 1.54) is 6.92 Å². The fourth-order valence-corrected chi connectivity index (χ4v) is 4.16. The number of ketones is 1. The topological polar surface area (TPSA) is 61.8 Å². The zero-order chi connectivity index (χ0) is 18.0. The van der Waals surface area contributed by atoms with Crippen LogP contribution in [0.25, 0.3) is 0 Å². The molecule has 1 rings (SSSR count). The Balaban J connectivity index is 3.12. The van der Waals surface area contributed by atoms with Crippen molar-refractivity contribution < 1.29 is 23.5 Å². The van der Waals surface area contributed by atoms with Gasteiger partial charge in [-0.2, -0.15) is 0 Å². The maximum Gasteiger partial charge on any atom is 0.302 e. The minimum absolute atomic E-state index is 0.0230. The van der Waals surface area contributed by atoms with Crippen LogP contribution < -0.4 is 0 Å². The van der Waals surface area contributed by atoms with Crippen LogP contribution in [0.1, 0.15) is 47.5 Å². The molecule has 0 aliphatic heterocycles. The van der Waals surface area contributed by atoms with E-state index in [4.69, 9.17) is 13.9 Å². The van der Waals surface area contributed by atoms with Crippen LogP contribution in [0.4, 0.5) is 0 Å². The second kappa shape index (κ2) is 7.45. The second-order valence-corrected chi connectivity index (χ2v) is 12.7. The van der Waals surface area contributed by atoms with E-state index in [9.17, 15) is 9.59 Å². The van der Waals surface area contributed by atoms with Gasteiger partial charge in [0, 0.05) is 20.0 Å². The molecule has 134 valence electrons. The van der Waals surface area contributed by atoms with Crippen LogP contribution >= 0.6 is 0 Å². The predicted molar refractivity (Wildman–Crippen MR) is 91.8 cm³/mol. The number of hydrogen-bond donors (Lipinski definition) is 0. The molecule has 23 heavy (non-hydrogen) atoms. The fourth-order valence-electron chi connectivity index (χ4n) is 2.84. The van der Waals surface area contributed by atoms with Gasteiger partial charge in [-0.15, -0.1) is 0 Å². The van der Waals surface area contributed by atoms with Crippen molar-refractivity contribution in [1.82, 2.24) is 0 Å². The molecule has 1 fully saturated rings. The third-order valence-corrected chi connectivity index (χ3v) is 9.67. The first kappa shape index (κ1) is 20.3. The molecule has 0 heterocycles. The first-order chi connectivity index (χ1) is 10.4. The van der Waals surface area contributed by atoms with E-state index in [1.54, 1.807) is 14.0 Å². The summed E-state index contributed by atoms with van der Waals surface area (Å²) in [6.45, 7) is 13.8. The van der Waals surface area contributed by atoms with Crippen molar-refractivity contribution in [3.8, 4) is 0 Å². The van der Waals surface area contributed by atoms with E-state index in [-0.39, 0.29) is 34.9 Å². The third-order valence-electron chi connectivity index (χ3n) is 5.20. The van der Waals surface area contributed by atoms with Gasteiger partial charge in [0.15, 0.2) is 8.32 Å². The summed E-state index contributed by atoms with van der Waals surface area (Å²) in [4.78, 5) is 23.4. The average molecular weight is 345 g/mol. The molecule has 0 aromatic carbocycles. The van der Waals surface area contributed by atoms with Gasteiger partial charge in [0.05, 0.1) is 6.10 Å². The quantitative estimate of drug-likeness (QED) is 0.565. The molecule has 0 bridgehead atoms. The molecule has 0 N–H and O–H groups in total.